The zero-order chi connectivity index (χ0) is 18.6. The van der Waals surface area contributed by atoms with Crippen LogP contribution in [0.3, 0.4) is 0 Å². The molecule has 4 heteroatoms. The van der Waals surface area contributed by atoms with Crippen molar-refractivity contribution in [2.45, 2.75) is 20.1 Å². The maximum atomic E-state index is 6.02. The number of para-hydroxylation sites is 3. The molecule has 0 bridgehead atoms. The Morgan fingerprint density at radius 1 is 0.926 bits per heavy atom. The molecule has 0 unspecified atom stereocenters. The van der Waals surface area contributed by atoms with Gasteiger partial charge in [-0.15, -0.1) is 0 Å². The first-order chi connectivity index (χ1) is 13.2. The van der Waals surface area contributed by atoms with Gasteiger partial charge in [-0.1, -0.05) is 42.5 Å². The maximum absolute atomic E-state index is 6.02. The fraction of sp³-hybridized carbons (Fsp3) is 0.174. The lowest BCUT2D eigenvalue weighted by molar-refractivity contribution is 0.291. The van der Waals surface area contributed by atoms with Crippen molar-refractivity contribution in [3.63, 3.8) is 0 Å². The Labute approximate surface area is 159 Å². The minimum Gasteiger partial charge on any atom is -0.496 e. The van der Waals surface area contributed by atoms with Gasteiger partial charge in [-0.2, -0.15) is 0 Å². The van der Waals surface area contributed by atoms with Gasteiger partial charge in [0.2, 0.25) is 0 Å². The monoisotopic (exact) mass is 358 g/mol. The molecule has 1 heterocycles. The van der Waals surface area contributed by atoms with Crippen molar-refractivity contribution in [3.8, 4) is 11.5 Å². The van der Waals surface area contributed by atoms with Gasteiger partial charge in [-0.05, 0) is 42.8 Å². The number of rotatable bonds is 6. The molecule has 0 aliphatic carbocycles. The quantitative estimate of drug-likeness (QED) is 0.488. The number of ether oxygens (including phenoxy) is 2. The first kappa shape index (κ1) is 17.2. The first-order valence-electron chi connectivity index (χ1n) is 9.00. The van der Waals surface area contributed by atoms with E-state index in [0.717, 1.165) is 33.9 Å². The predicted molar refractivity (Wildman–Crippen MR) is 107 cm³/mol. The number of hydrogen-bond acceptors (Lipinski definition) is 3. The second kappa shape index (κ2) is 7.54. The number of methoxy groups -OCH3 is 1. The van der Waals surface area contributed by atoms with E-state index < -0.39 is 0 Å². The summed E-state index contributed by atoms with van der Waals surface area (Å²) < 4.78 is 13.7. The Hall–Kier alpha value is -3.27. The van der Waals surface area contributed by atoms with Gasteiger partial charge < -0.3 is 14.0 Å². The molecule has 1 aromatic heterocycles. The summed E-state index contributed by atoms with van der Waals surface area (Å²) in [5.41, 5.74) is 4.34. The fourth-order valence-corrected chi connectivity index (χ4v) is 3.27. The molecule has 0 saturated heterocycles. The highest BCUT2D eigenvalue weighted by Gasteiger charge is 2.13. The Bertz CT molecular complexity index is 1070. The van der Waals surface area contributed by atoms with E-state index in [1.165, 1.54) is 5.56 Å². The van der Waals surface area contributed by atoms with Crippen LogP contribution in [0.4, 0.5) is 0 Å². The first-order valence-corrected chi connectivity index (χ1v) is 9.00. The molecule has 0 aliphatic rings. The minimum atomic E-state index is 0.410. The lowest BCUT2D eigenvalue weighted by atomic mass is 10.2. The molecule has 3 aromatic carbocycles. The Kier molecular flexibility index (Phi) is 4.79. The molecule has 0 spiro atoms. The van der Waals surface area contributed by atoms with Gasteiger partial charge in [0.1, 0.15) is 23.9 Å². The molecule has 0 radical (unpaired) electrons. The van der Waals surface area contributed by atoms with Crippen molar-refractivity contribution in [3.05, 3.63) is 89.7 Å². The van der Waals surface area contributed by atoms with Gasteiger partial charge in [-0.25, -0.2) is 4.98 Å². The molecule has 0 atom stereocenters. The minimum absolute atomic E-state index is 0.410. The maximum Gasteiger partial charge on any atom is 0.148 e. The third kappa shape index (κ3) is 3.65. The van der Waals surface area contributed by atoms with Crippen LogP contribution < -0.4 is 9.47 Å². The van der Waals surface area contributed by atoms with Crippen molar-refractivity contribution in [2.75, 3.05) is 7.11 Å². The van der Waals surface area contributed by atoms with Gasteiger partial charge in [0, 0.05) is 5.56 Å². The van der Waals surface area contributed by atoms with Gasteiger partial charge >= 0.3 is 0 Å². The van der Waals surface area contributed by atoms with Crippen LogP contribution in [0.5, 0.6) is 11.5 Å². The summed E-state index contributed by atoms with van der Waals surface area (Å²) in [6.07, 6.45) is 0. The topological polar surface area (TPSA) is 36.3 Å². The SMILES string of the molecule is COc1ccccc1Cn1c(COc2cccc(C)c2)nc2ccccc21. The normalized spacial score (nSPS) is 10.9. The van der Waals surface area contributed by atoms with Crippen LogP contribution in [-0.2, 0) is 13.2 Å². The lowest BCUT2D eigenvalue weighted by Gasteiger charge is -2.13. The Balaban J connectivity index is 1.69. The van der Waals surface area contributed by atoms with Crippen LogP contribution in [0.1, 0.15) is 17.0 Å². The molecule has 4 rings (SSSR count). The van der Waals surface area contributed by atoms with E-state index in [9.17, 15) is 0 Å². The molecule has 0 N–H and O–H groups in total. The van der Waals surface area contributed by atoms with Crippen molar-refractivity contribution in [2.24, 2.45) is 0 Å². The standard InChI is InChI=1S/C23H22N2O2/c1-17-8-7-10-19(14-17)27-16-23-24-20-11-4-5-12-21(20)25(23)15-18-9-3-6-13-22(18)26-2/h3-14H,15-16H2,1-2H3. The van der Waals surface area contributed by atoms with E-state index >= 15 is 0 Å². The average Bonchev–Trinajstić information content (AvgIpc) is 3.04. The van der Waals surface area contributed by atoms with Gasteiger partial charge in [0.05, 0.1) is 24.7 Å². The molecule has 0 aliphatic heterocycles. The summed E-state index contributed by atoms with van der Waals surface area (Å²) in [6.45, 7) is 3.15. The highest BCUT2D eigenvalue weighted by Crippen LogP contribution is 2.24. The molecular weight excluding hydrogens is 336 g/mol. The van der Waals surface area contributed by atoms with Crippen LogP contribution in [-0.4, -0.2) is 16.7 Å². The molecular formula is C23H22N2O2. The summed E-state index contributed by atoms with van der Waals surface area (Å²) in [6, 6.07) is 24.3. The molecule has 0 amide bonds. The summed E-state index contributed by atoms with van der Waals surface area (Å²) in [4.78, 5) is 4.80. The summed E-state index contributed by atoms with van der Waals surface area (Å²) in [5, 5.41) is 0. The molecule has 4 nitrogen and oxygen atoms in total. The number of fused-ring (bicyclic) bond motifs is 1. The van der Waals surface area contributed by atoms with Gasteiger partial charge in [0.25, 0.3) is 0 Å². The van der Waals surface area contributed by atoms with E-state index in [1.807, 2.05) is 54.6 Å². The number of nitrogens with zero attached hydrogens (tertiary/aromatic N) is 2. The van der Waals surface area contributed by atoms with E-state index in [0.29, 0.717) is 13.2 Å². The van der Waals surface area contributed by atoms with Crippen LogP contribution in [0.15, 0.2) is 72.8 Å². The number of benzene rings is 3. The second-order valence-corrected chi connectivity index (χ2v) is 6.52. The predicted octanol–water partition coefficient (Wildman–Crippen LogP) is 4.98. The van der Waals surface area contributed by atoms with E-state index in [1.54, 1.807) is 7.11 Å². The number of aromatic nitrogens is 2. The number of aryl methyl sites for hydroxylation is 1. The Morgan fingerprint density at radius 3 is 2.59 bits per heavy atom. The third-order valence-electron chi connectivity index (χ3n) is 4.61. The average molecular weight is 358 g/mol. The molecule has 0 fully saturated rings. The molecule has 27 heavy (non-hydrogen) atoms. The van der Waals surface area contributed by atoms with Crippen molar-refractivity contribution in [1.29, 1.82) is 0 Å². The number of hydrogen-bond donors (Lipinski definition) is 0. The zero-order valence-electron chi connectivity index (χ0n) is 15.6. The summed E-state index contributed by atoms with van der Waals surface area (Å²) in [5.74, 6) is 2.62. The third-order valence-corrected chi connectivity index (χ3v) is 4.61. The molecule has 0 saturated carbocycles. The Morgan fingerprint density at radius 2 is 1.74 bits per heavy atom. The zero-order valence-corrected chi connectivity index (χ0v) is 15.6. The summed E-state index contributed by atoms with van der Waals surface area (Å²) >= 11 is 0. The van der Waals surface area contributed by atoms with Crippen LogP contribution in [0.2, 0.25) is 0 Å². The molecule has 136 valence electrons. The smallest absolute Gasteiger partial charge is 0.148 e. The van der Waals surface area contributed by atoms with E-state index in [4.69, 9.17) is 14.5 Å². The largest absolute Gasteiger partial charge is 0.496 e. The van der Waals surface area contributed by atoms with Crippen LogP contribution in [0, 0.1) is 6.92 Å². The van der Waals surface area contributed by atoms with Gasteiger partial charge in [0.15, 0.2) is 0 Å². The highest BCUT2D eigenvalue weighted by atomic mass is 16.5. The van der Waals surface area contributed by atoms with Crippen molar-refractivity contribution in [1.82, 2.24) is 9.55 Å². The number of imidazole rings is 1. The lowest BCUT2D eigenvalue weighted by Crippen LogP contribution is -2.09. The van der Waals surface area contributed by atoms with Crippen LogP contribution >= 0.6 is 0 Å². The second-order valence-electron chi connectivity index (χ2n) is 6.52. The summed E-state index contributed by atoms with van der Waals surface area (Å²) in [7, 11) is 1.70. The highest BCUT2D eigenvalue weighted by molar-refractivity contribution is 5.76. The fourth-order valence-electron chi connectivity index (χ4n) is 3.27. The van der Waals surface area contributed by atoms with Crippen molar-refractivity contribution < 1.29 is 9.47 Å². The van der Waals surface area contributed by atoms with Gasteiger partial charge in [-0.3, -0.25) is 0 Å². The molecule has 4 aromatic rings. The van der Waals surface area contributed by atoms with Crippen molar-refractivity contribution >= 4 is 11.0 Å². The van der Waals surface area contributed by atoms with E-state index in [-0.39, 0.29) is 0 Å². The van der Waals surface area contributed by atoms with Crippen LogP contribution in [0.25, 0.3) is 11.0 Å². The van der Waals surface area contributed by atoms with E-state index in [2.05, 4.69) is 29.7 Å².